The Bertz CT molecular complexity index is 256. The average molecular weight is 256 g/mol. The summed E-state index contributed by atoms with van der Waals surface area (Å²) in [6.45, 7) is 8.08. The van der Waals surface area contributed by atoms with Crippen molar-refractivity contribution in [2.75, 3.05) is 19.7 Å². The molecule has 1 saturated heterocycles. The topological polar surface area (TPSA) is 52.6 Å². The van der Waals surface area contributed by atoms with Gasteiger partial charge in [-0.25, -0.2) is 0 Å². The van der Waals surface area contributed by atoms with Gasteiger partial charge in [-0.1, -0.05) is 20.3 Å². The van der Waals surface area contributed by atoms with Crippen LogP contribution in [0.3, 0.4) is 0 Å². The number of aliphatic hydroxyl groups excluding tert-OH is 1. The second-order valence-electron chi connectivity index (χ2n) is 5.72. The van der Waals surface area contributed by atoms with Crippen molar-refractivity contribution in [1.82, 2.24) is 10.2 Å². The van der Waals surface area contributed by atoms with Crippen molar-refractivity contribution in [2.45, 2.75) is 58.5 Å². The molecule has 0 bridgehead atoms. The molecule has 18 heavy (non-hydrogen) atoms. The summed E-state index contributed by atoms with van der Waals surface area (Å²) >= 11 is 0. The maximum atomic E-state index is 12.1. The molecule has 106 valence electrons. The smallest absolute Gasteiger partial charge is 0.237 e. The number of rotatable bonds is 6. The van der Waals surface area contributed by atoms with Crippen LogP contribution in [-0.4, -0.2) is 47.7 Å². The fourth-order valence-corrected chi connectivity index (χ4v) is 2.51. The molecule has 0 aromatic rings. The number of aliphatic hydroxyl groups is 1. The Morgan fingerprint density at radius 3 is 2.72 bits per heavy atom. The predicted octanol–water partition coefficient (Wildman–Crippen LogP) is 1.38. The summed E-state index contributed by atoms with van der Waals surface area (Å²) in [4.78, 5) is 14.2. The van der Waals surface area contributed by atoms with Gasteiger partial charge in [0.25, 0.3) is 0 Å². The first-order valence-corrected chi connectivity index (χ1v) is 7.20. The molecule has 2 N–H and O–H groups in total. The molecule has 0 aromatic heterocycles. The number of nitrogens with zero attached hydrogens (tertiary/aromatic N) is 1. The highest BCUT2D eigenvalue weighted by Crippen LogP contribution is 2.19. The second kappa shape index (κ2) is 7.74. The van der Waals surface area contributed by atoms with E-state index < -0.39 is 0 Å². The van der Waals surface area contributed by atoms with Crippen LogP contribution in [0.1, 0.15) is 46.5 Å². The van der Waals surface area contributed by atoms with Gasteiger partial charge in [0.15, 0.2) is 0 Å². The van der Waals surface area contributed by atoms with E-state index in [1.165, 1.54) is 0 Å². The second-order valence-corrected chi connectivity index (χ2v) is 5.72. The van der Waals surface area contributed by atoms with Gasteiger partial charge in [-0.2, -0.15) is 0 Å². The van der Waals surface area contributed by atoms with Gasteiger partial charge in [0, 0.05) is 12.6 Å². The molecule has 2 atom stereocenters. The molecule has 0 radical (unpaired) electrons. The maximum absolute atomic E-state index is 12.1. The Morgan fingerprint density at radius 2 is 2.11 bits per heavy atom. The Morgan fingerprint density at radius 1 is 1.39 bits per heavy atom. The Kier molecular flexibility index (Phi) is 6.65. The van der Waals surface area contributed by atoms with Crippen molar-refractivity contribution in [2.24, 2.45) is 5.92 Å². The molecule has 1 aliphatic heterocycles. The standard InChI is InChI=1S/C14H28N2O2/c1-11(2)7-8-15-14(18)12(3)16-9-5-4-6-13(16)10-17/h11-13,17H,4-10H2,1-3H3,(H,15,18). The number of carbonyl (C=O) groups excluding carboxylic acids is 1. The van der Waals surface area contributed by atoms with Crippen LogP contribution in [0.25, 0.3) is 0 Å². The normalized spacial score (nSPS) is 23.1. The summed E-state index contributed by atoms with van der Waals surface area (Å²) in [6.07, 6.45) is 4.30. The van der Waals surface area contributed by atoms with Gasteiger partial charge >= 0.3 is 0 Å². The first-order chi connectivity index (χ1) is 8.56. The van der Waals surface area contributed by atoms with Crippen molar-refractivity contribution < 1.29 is 9.90 Å². The highest BCUT2D eigenvalue weighted by atomic mass is 16.3. The fraction of sp³-hybridized carbons (Fsp3) is 0.929. The van der Waals surface area contributed by atoms with Gasteiger partial charge in [-0.05, 0) is 38.6 Å². The third-order valence-corrected chi connectivity index (χ3v) is 3.78. The zero-order valence-electron chi connectivity index (χ0n) is 12.0. The molecular weight excluding hydrogens is 228 g/mol. The largest absolute Gasteiger partial charge is 0.395 e. The predicted molar refractivity (Wildman–Crippen MR) is 73.4 cm³/mol. The lowest BCUT2D eigenvalue weighted by Crippen LogP contribution is -2.53. The Hall–Kier alpha value is -0.610. The number of hydrogen-bond donors (Lipinski definition) is 2. The van der Waals surface area contributed by atoms with Crippen molar-refractivity contribution in [3.63, 3.8) is 0 Å². The number of amides is 1. The van der Waals surface area contributed by atoms with Crippen molar-refractivity contribution in [3.8, 4) is 0 Å². The van der Waals surface area contributed by atoms with Crippen LogP contribution in [0.4, 0.5) is 0 Å². The molecule has 4 heteroatoms. The Labute approximate surface area is 111 Å². The average Bonchev–Trinajstić information content (AvgIpc) is 2.37. The minimum Gasteiger partial charge on any atom is -0.395 e. The minimum absolute atomic E-state index is 0.0935. The van der Waals surface area contributed by atoms with E-state index in [0.29, 0.717) is 5.92 Å². The molecule has 2 unspecified atom stereocenters. The zero-order chi connectivity index (χ0) is 13.5. The van der Waals surface area contributed by atoms with E-state index in [1.807, 2.05) is 6.92 Å². The van der Waals surface area contributed by atoms with Crippen LogP contribution < -0.4 is 5.32 Å². The van der Waals surface area contributed by atoms with Crippen LogP contribution in [-0.2, 0) is 4.79 Å². The van der Waals surface area contributed by atoms with Crippen molar-refractivity contribution in [1.29, 1.82) is 0 Å². The fourth-order valence-electron chi connectivity index (χ4n) is 2.51. The number of carbonyl (C=O) groups is 1. The molecule has 1 fully saturated rings. The van der Waals surface area contributed by atoms with Crippen molar-refractivity contribution in [3.05, 3.63) is 0 Å². The van der Waals surface area contributed by atoms with Crippen LogP contribution in [0, 0.1) is 5.92 Å². The van der Waals surface area contributed by atoms with Gasteiger partial charge in [-0.3, -0.25) is 9.69 Å². The van der Waals surface area contributed by atoms with Crippen LogP contribution in [0.5, 0.6) is 0 Å². The molecule has 0 saturated carbocycles. The van der Waals surface area contributed by atoms with E-state index in [9.17, 15) is 9.90 Å². The monoisotopic (exact) mass is 256 g/mol. The summed E-state index contributed by atoms with van der Waals surface area (Å²) in [5, 5.41) is 12.4. The minimum atomic E-state index is -0.130. The highest BCUT2D eigenvalue weighted by molar-refractivity contribution is 5.81. The molecule has 4 nitrogen and oxygen atoms in total. The third kappa shape index (κ3) is 4.58. The number of likely N-dealkylation sites (tertiary alicyclic amines) is 1. The van der Waals surface area contributed by atoms with Crippen LogP contribution in [0.2, 0.25) is 0 Å². The van der Waals surface area contributed by atoms with Gasteiger partial charge in [-0.15, -0.1) is 0 Å². The molecule has 0 aliphatic carbocycles. The number of nitrogens with one attached hydrogen (secondary N) is 1. The first-order valence-electron chi connectivity index (χ1n) is 7.20. The SMILES string of the molecule is CC(C)CCNC(=O)C(C)N1CCCCC1CO. The van der Waals surface area contributed by atoms with Gasteiger partial charge in [0.1, 0.15) is 0 Å². The molecule has 1 heterocycles. The van der Waals surface area contributed by atoms with Crippen LogP contribution in [0.15, 0.2) is 0 Å². The summed E-state index contributed by atoms with van der Waals surface area (Å²) in [7, 11) is 0. The highest BCUT2D eigenvalue weighted by Gasteiger charge is 2.29. The zero-order valence-corrected chi connectivity index (χ0v) is 12.0. The van der Waals surface area contributed by atoms with Crippen LogP contribution >= 0.6 is 0 Å². The molecule has 1 amide bonds. The van der Waals surface area contributed by atoms with E-state index >= 15 is 0 Å². The van der Waals surface area contributed by atoms with Gasteiger partial charge < -0.3 is 10.4 Å². The maximum Gasteiger partial charge on any atom is 0.237 e. The summed E-state index contributed by atoms with van der Waals surface area (Å²) in [5.41, 5.74) is 0. The lowest BCUT2D eigenvalue weighted by Gasteiger charge is -2.38. The molecular formula is C14H28N2O2. The quantitative estimate of drug-likeness (QED) is 0.755. The lowest BCUT2D eigenvalue weighted by molar-refractivity contribution is -0.127. The van der Waals surface area contributed by atoms with E-state index in [1.54, 1.807) is 0 Å². The summed E-state index contributed by atoms with van der Waals surface area (Å²) in [6, 6.07) is 0.0270. The lowest BCUT2D eigenvalue weighted by atomic mass is 10.0. The molecule has 0 spiro atoms. The van der Waals surface area contributed by atoms with Gasteiger partial charge in [0.2, 0.25) is 5.91 Å². The molecule has 1 rings (SSSR count). The summed E-state index contributed by atoms with van der Waals surface area (Å²) < 4.78 is 0. The molecule has 1 aliphatic rings. The first kappa shape index (κ1) is 15.4. The van der Waals surface area contributed by atoms with Gasteiger partial charge in [0.05, 0.1) is 12.6 Å². The summed E-state index contributed by atoms with van der Waals surface area (Å²) in [5.74, 6) is 0.705. The molecule has 0 aromatic carbocycles. The number of piperidine rings is 1. The van der Waals surface area contributed by atoms with E-state index in [-0.39, 0.29) is 24.6 Å². The Balaban J connectivity index is 2.41. The number of hydrogen-bond acceptors (Lipinski definition) is 3. The van der Waals surface area contributed by atoms with E-state index in [0.717, 1.165) is 38.8 Å². The van der Waals surface area contributed by atoms with E-state index in [4.69, 9.17) is 0 Å². The third-order valence-electron chi connectivity index (χ3n) is 3.78. The van der Waals surface area contributed by atoms with Crippen molar-refractivity contribution >= 4 is 5.91 Å². The van der Waals surface area contributed by atoms with E-state index in [2.05, 4.69) is 24.1 Å².